The van der Waals surface area contributed by atoms with Crippen molar-refractivity contribution >= 4 is 41.5 Å². The molecule has 0 spiro atoms. The van der Waals surface area contributed by atoms with Crippen LogP contribution in [-0.2, 0) is 16.1 Å². The van der Waals surface area contributed by atoms with E-state index < -0.39 is 0 Å². The predicted molar refractivity (Wildman–Crippen MR) is 108 cm³/mol. The number of amides is 1. The van der Waals surface area contributed by atoms with E-state index in [9.17, 15) is 4.79 Å². The summed E-state index contributed by atoms with van der Waals surface area (Å²) < 4.78 is 5.04. The molecule has 1 aromatic rings. The smallest absolute Gasteiger partial charge is 0.226 e. The Balaban J connectivity index is 0.00000288. The molecule has 1 aliphatic heterocycles. The van der Waals surface area contributed by atoms with Gasteiger partial charge in [0.25, 0.3) is 0 Å². The van der Waals surface area contributed by atoms with Crippen LogP contribution < -0.4 is 16.0 Å². The summed E-state index contributed by atoms with van der Waals surface area (Å²) in [5.74, 6) is 0.618. The zero-order valence-electron chi connectivity index (χ0n) is 14.3. The Morgan fingerprint density at radius 3 is 2.71 bits per heavy atom. The van der Waals surface area contributed by atoms with E-state index in [0.717, 1.165) is 30.6 Å². The number of aliphatic imine (C=N–C) groups is 1. The van der Waals surface area contributed by atoms with Gasteiger partial charge in [-0.25, -0.2) is 4.99 Å². The highest BCUT2D eigenvalue weighted by atomic mass is 127. The first kappa shape index (κ1) is 20.7. The Kier molecular flexibility index (Phi) is 9.05. The highest BCUT2D eigenvalue weighted by molar-refractivity contribution is 14.0. The number of carbonyl (C=O) groups excluding carboxylic acids is 1. The number of nitrogens with two attached hydrogens (primary N) is 1. The lowest BCUT2D eigenvalue weighted by atomic mass is 10.1. The van der Waals surface area contributed by atoms with Crippen LogP contribution in [0.1, 0.15) is 31.7 Å². The van der Waals surface area contributed by atoms with Crippen molar-refractivity contribution < 1.29 is 9.53 Å². The molecular weight excluding hydrogens is 419 g/mol. The fourth-order valence-electron chi connectivity index (χ4n) is 2.63. The van der Waals surface area contributed by atoms with Crippen molar-refractivity contribution in [3.63, 3.8) is 0 Å². The molecule has 1 atom stereocenters. The van der Waals surface area contributed by atoms with Crippen molar-refractivity contribution in [2.75, 3.05) is 25.2 Å². The van der Waals surface area contributed by atoms with E-state index in [1.165, 1.54) is 0 Å². The molecule has 3 N–H and O–H groups in total. The minimum atomic E-state index is 0. The summed E-state index contributed by atoms with van der Waals surface area (Å²) in [4.78, 5) is 18.1. The normalized spacial score (nSPS) is 16.5. The minimum Gasteiger partial charge on any atom is -0.383 e. The molecule has 0 aromatic heterocycles. The fourth-order valence-corrected chi connectivity index (χ4v) is 2.63. The van der Waals surface area contributed by atoms with Crippen LogP contribution in [0, 0.1) is 0 Å². The Labute approximate surface area is 160 Å². The van der Waals surface area contributed by atoms with Crippen molar-refractivity contribution in [3.8, 4) is 0 Å². The lowest BCUT2D eigenvalue weighted by Crippen LogP contribution is -2.40. The topological polar surface area (TPSA) is 80.0 Å². The van der Waals surface area contributed by atoms with E-state index in [4.69, 9.17) is 10.5 Å². The van der Waals surface area contributed by atoms with Gasteiger partial charge in [-0.15, -0.1) is 24.0 Å². The maximum atomic E-state index is 11.9. The second-order valence-corrected chi connectivity index (χ2v) is 5.87. The molecule has 2 rings (SSSR count). The molecule has 1 amide bonds. The molecular formula is C17H27IN4O2. The van der Waals surface area contributed by atoms with Crippen LogP contribution in [-0.4, -0.2) is 38.2 Å². The van der Waals surface area contributed by atoms with Gasteiger partial charge in [-0.05, 0) is 37.5 Å². The Bertz CT molecular complexity index is 548. The number of carbonyl (C=O) groups is 1. The van der Waals surface area contributed by atoms with Crippen LogP contribution in [0.2, 0.25) is 0 Å². The van der Waals surface area contributed by atoms with Crippen LogP contribution >= 0.6 is 24.0 Å². The third kappa shape index (κ3) is 6.27. The van der Waals surface area contributed by atoms with Crippen LogP contribution in [0.4, 0.5) is 5.69 Å². The second kappa shape index (κ2) is 10.5. The van der Waals surface area contributed by atoms with Crippen LogP contribution in [0.15, 0.2) is 29.3 Å². The lowest BCUT2D eigenvalue weighted by Gasteiger charge is -2.26. The molecule has 1 aromatic carbocycles. The first-order valence-corrected chi connectivity index (χ1v) is 8.05. The van der Waals surface area contributed by atoms with Crippen molar-refractivity contribution in [2.45, 2.75) is 38.8 Å². The van der Waals surface area contributed by atoms with Gasteiger partial charge in [0, 0.05) is 31.8 Å². The van der Waals surface area contributed by atoms with Gasteiger partial charge in [-0.1, -0.05) is 12.1 Å². The van der Waals surface area contributed by atoms with E-state index >= 15 is 0 Å². The van der Waals surface area contributed by atoms with Gasteiger partial charge in [-0.3, -0.25) is 4.79 Å². The number of hydrogen-bond donors (Lipinski definition) is 2. The average molecular weight is 446 g/mol. The number of ether oxygens (including phenoxy) is 1. The van der Waals surface area contributed by atoms with Crippen molar-refractivity contribution in [1.29, 1.82) is 0 Å². The Morgan fingerprint density at radius 2 is 2.08 bits per heavy atom. The average Bonchev–Trinajstić information content (AvgIpc) is 2.54. The standard InChI is InChI=1S/C17H26N4O2.HI/c1-13(12-23-2)20-17(18)19-11-14-6-8-15(9-7-14)21-10-4-3-5-16(21)22;/h6-9,13H,3-5,10-12H2,1-2H3,(H3,18,19,20);1H. The number of hydrogen-bond acceptors (Lipinski definition) is 3. The molecule has 24 heavy (non-hydrogen) atoms. The third-order valence-electron chi connectivity index (χ3n) is 3.81. The van der Waals surface area contributed by atoms with E-state index in [-0.39, 0.29) is 35.9 Å². The largest absolute Gasteiger partial charge is 0.383 e. The number of anilines is 1. The zero-order valence-corrected chi connectivity index (χ0v) is 16.7. The molecule has 1 aliphatic rings. The zero-order chi connectivity index (χ0) is 16.7. The third-order valence-corrected chi connectivity index (χ3v) is 3.81. The summed E-state index contributed by atoms with van der Waals surface area (Å²) in [6.07, 6.45) is 2.71. The summed E-state index contributed by atoms with van der Waals surface area (Å²) >= 11 is 0. The minimum absolute atomic E-state index is 0. The van der Waals surface area contributed by atoms with E-state index in [0.29, 0.717) is 25.5 Å². The van der Waals surface area contributed by atoms with Crippen LogP contribution in [0.5, 0.6) is 0 Å². The maximum absolute atomic E-state index is 11.9. The summed E-state index contributed by atoms with van der Waals surface area (Å²) in [6, 6.07) is 8.06. The van der Waals surface area contributed by atoms with E-state index in [2.05, 4.69) is 10.3 Å². The first-order valence-electron chi connectivity index (χ1n) is 8.05. The number of halogens is 1. The molecule has 1 fully saturated rings. The van der Waals surface area contributed by atoms with Gasteiger partial charge in [0.1, 0.15) is 0 Å². The number of nitrogens with one attached hydrogen (secondary N) is 1. The quantitative estimate of drug-likeness (QED) is 0.399. The summed E-state index contributed by atoms with van der Waals surface area (Å²) in [6.45, 7) is 3.88. The molecule has 7 heteroatoms. The fraction of sp³-hybridized carbons (Fsp3) is 0.529. The molecule has 1 heterocycles. The van der Waals surface area contributed by atoms with E-state index in [1.807, 2.05) is 36.1 Å². The summed E-state index contributed by atoms with van der Waals surface area (Å²) in [5.41, 5.74) is 7.87. The number of benzene rings is 1. The highest BCUT2D eigenvalue weighted by Gasteiger charge is 2.19. The van der Waals surface area contributed by atoms with Gasteiger partial charge < -0.3 is 20.7 Å². The second-order valence-electron chi connectivity index (χ2n) is 5.87. The van der Waals surface area contributed by atoms with Gasteiger partial charge >= 0.3 is 0 Å². The van der Waals surface area contributed by atoms with Crippen LogP contribution in [0.3, 0.4) is 0 Å². The molecule has 6 nitrogen and oxygen atoms in total. The van der Waals surface area contributed by atoms with Gasteiger partial charge in [0.05, 0.1) is 13.2 Å². The first-order chi connectivity index (χ1) is 11.1. The van der Waals surface area contributed by atoms with E-state index in [1.54, 1.807) is 7.11 Å². The highest BCUT2D eigenvalue weighted by Crippen LogP contribution is 2.21. The monoisotopic (exact) mass is 446 g/mol. The van der Waals surface area contributed by atoms with Crippen LogP contribution in [0.25, 0.3) is 0 Å². The summed E-state index contributed by atoms with van der Waals surface area (Å²) in [5, 5.41) is 3.07. The van der Waals surface area contributed by atoms with Gasteiger partial charge in [-0.2, -0.15) is 0 Å². The number of piperidine rings is 1. The molecule has 0 bridgehead atoms. The van der Waals surface area contributed by atoms with Gasteiger partial charge in [0.2, 0.25) is 5.91 Å². The summed E-state index contributed by atoms with van der Waals surface area (Å²) in [7, 11) is 1.65. The molecule has 1 saturated heterocycles. The van der Waals surface area contributed by atoms with Gasteiger partial charge in [0.15, 0.2) is 5.96 Å². The predicted octanol–water partition coefficient (Wildman–Crippen LogP) is 2.26. The van der Waals surface area contributed by atoms with Crippen molar-refractivity contribution in [3.05, 3.63) is 29.8 Å². The number of rotatable bonds is 6. The Morgan fingerprint density at radius 1 is 1.38 bits per heavy atom. The van der Waals surface area contributed by atoms with Crippen molar-refractivity contribution in [1.82, 2.24) is 5.32 Å². The molecule has 134 valence electrons. The maximum Gasteiger partial charge on any atom is 0.226 e. The number of methoxy groups -OCH3 is 1. The SMILES string of the molecule is COCC(C)NC(N)=NCc1ccc(N2CCCCC2=O)cc1.I. The Hall–Kier alpha value is -1.35. The number of nitrogens with zero attached hydrogens (tertiary/aromatic N) is 2. The lowest BCUT2D eigenvalue weighted by molar-refractivity contribution is -0.119. The van der Waals surface area contributed by atoms with Crippen molar-refractivity contribution in [2.24, 2.45) is 10.7 Å². The molecule has 0 aliphatic carbocycles. The number of guanidine groups is 1. The molecule has 0 radical (unpaired) electrons. The molecule has 0 saturated carbocycles. The molecule has 1 unspecified atom stereocenters.